The van der Waals surface area contributed by atoms with Gasteiger partial charge in [-0.15, -0.1) is 11.6 Å². The molecule has 0 unspecified atom stereocenters. The zero-order valence-electron chi connectivity index (χ0n) is 8.28. The summed E-state index contributed by atoms with van der Waals surface area (Å²) in [7, 11) is 0. The molecule has 0 radical (unpaired) electrons. The standard InChI is InChI=1S/C6H14ClN.Mg.2H/c1-6(2)8-5-3-4-7;;;/h6,8H,3-5H2,1-2H3;;;/q;+2;2*-1. The Morgan fingerprint density at radius 3 is 2.44 bits per heavy atom. The maximum Gasteiger partial charge on any atom is 2.00 e. The Bertz CT molecular complexity index is 57.8. The predicted molar refractivity (Wildman–Crippen MR) is 46.5 cm³/mol. The molecule has 0 saturated carbocycles. The van der Waals surface area contributed by atoms with Gasteiger partial charge >= 0.3 is 23.1 Å². The van der Waals surface area contributed by atoms with E-state index in [-0.39, 0.29) is 25.9 Å². The minimum absolute atomic E-state index is 0. The van der Waals surface area contributed by atoms with Crippen LogP contribution in [0, 0.1) is 0 Å². The summed E-state index contributed by atoms with van der Waals surface area (Å²) >= 11 is 5.44. The molecule has 0 aliphatic carbocycles. The molecular weight excluding hydrogens is 146 g/mol. The molecule has 0 fully saturated rings. The predicted octanol–water partition coefficient (Wildman–Crippen LogP) is 1.46. The third-order valence-electron chi connectivity index (χ3n) is 0.863. The summed E-state index contributed by atoms with van der Waals surface area (Å²) in [6, 6.07) is 0.596. The zero-order valence-corrected chi connectivity index (χ0v) is 8.45. The first-order chi connectivity index (χ1) is 3.77. The van der Waals surface area contributed by atoms with Crippen molar-refractivity contribution in [3.63, 3.8) is 0 Å². The Kier molecular flexibility index (Phi) is 12.7. The molecular formula is C6H16ClMgN. The van der Waals surface area contributed by atoms with Crippen molar-refractivity contribution < 1.29 is 2.85 Å². The van der Waals surface area contributed by atoms with Crippen molar-refractivity contribution >= 4 is 34.7 Å². The minimum Gasteiger partial charge on any atom is -1.00 e. The summed E-state index contributed by atoms with van der Waals surface area (Å²) in [6.07, 6.45) is 1.07. The minimum atomic E-state index is 0. The Morgan fingerprint density at radius 1 is 1.56 bits per heavy atom. The van der Waals surface area contributed by atoms with Crippen molar-refractivity contribution in [2.45, 2.75) is 26.3 Å². The SMILES string of the molecule is CC(C)NCCCCl.[H-].[H-].[Mg+2]. The normalized spacial score (nSPS) is 9.33. The van der Waals surface area contributed by atoms with E-state index in [1.807, 2.05) is 0 Å². The molecule has 0 amide bonds. The third-order valence-corrected chi connectivity index (χ3v) is 1.13. The fourth-order valence-corrected chi connectivity index (χ4v) is 0.591. The van der Waals surface area contributed by atoms with Crippen molar-refractivity contribution in [3.05, 3.63) is 0 Å². The number of hydrogen-bond acceptors (Lipinski definition) is 1. The molecule has 0 aliphatic heterocycles. The molecule has 1 nitrogen and oxygen atoms in total. The maximum absolute atomic E-state index is 5.44. The van der Waals surface area contributed by atoms with Gasteiger partial charge in [0.25, 0.3) is 0 Å². The van der Waals surface area contributed by atoms with Gasteiger partial charge in [-0.05, 0) is 13.0 Å². The zero-order chi connectivity index (χ0) is 6.41. The second-order valence-electron chi connectivity index (χ2n) is 2.15. The smallest absolute Gasteiger partial charge is 1.00 e. The maximum atomic E-state index is 5.44. The molecule has 0 aromatic rings. The fraction of sp³-hybridized carbons (Fsp3) is 1.00. The summed E-state index contributed by atoms with van der Waals surface area (Å²) in [6.45, 7) is 5.31. The van der Waals surface area contributed by atoms with Gasteiger partial charge in [0.05, 0.1) is 0 Å². The Balaban J connectivity index is -0.0000000817. The monoisotopic (exact) mass is 161 g/mol. The van der Waals surface area contributed by atoms with Gasteiger partial charge in [-0.2, -0.15) is 0 Å². The topological polar surface area (TPSA) is 12.0 Å². The van der Waals surface area contributed by atoms with E-state index in [1.165, 1.54) is 0 Å². The van der Waals surface area contributed by atoms with Crippen LogP contribution < -0.4 is 5.32 Å². The van der Waals surface area contributed by atoms with E-state index in [0.717, 1.165) is 18.8 Å². The Labute approximate surface area is 81.7 Å². The van der Waals surface area contributed by atoms with Crippen LogP contribution in [0.1, 0.15) is 23.1 Å². The van der Waals surface area contributed by atoms with E-state index in [4.69, 9.17) is 11.6 Å². The molecule has 0 saturated heterocycles. The van der Waals surface area contributed by atoms with E-state index in [2.05, 4.69) is 19.2 Å². The molecule has 0 spiro atoms. The number of hydrogen-bond donors (Lipinski definition) is 1. The Morgan fingerprint density at radius 2 is 2.11 bits per heavy atom. The first-order valence-corrected chi connectivity index (χ1v) is 3.60. The van der Waals surface area contributed by atoms with Crippen LogP contribution >= 0.6 is 11.6 Å². The third kappa shape index (κ3) is 12.3. The number of halogens is 1. The first-order valence-electron chi connectivity index (χ1n) is 3.06. The fourth-order valence-electron chi connectivity index (χ4n) is 0.458. The van der Waals surface area contributed by atoms with Gasteiger partial charge in [0.15, 0.2) is 0 Å². The number of rotatable bonds is 4. The molecule has 0 aliphatic rings. The molecule has 1 N–H and O–H groups in total. The van der Waals surface area contributed by atoms with Crippen LogP contribution in [-0.2, 0) is 0 Å². The van der Waals surface area contributed by atoms with Gasteiger partial charge in [-0.25, -0.2) is 0 Å². The summed E-state index contributed by atoms with van der Waals surface area (Å²) in [5, 5.41) is 3.26. The van der Waals surface area contributed by atoms with Gasteiger partial charge < -0.3 is 8.17 Å². The van der Waals surface area contributed by atoms with Crippen molar-refractivity contribution in [2.75, 3.05) is 12.4 Å². The number of alkyl halides is 1. The van der Waals surface area contributed by atoms with E-state index < -0.39 is 0 Å². The van der Waals surface area contributed by atoms with Crippen LogP contribution in [0.15, 0.2) is 0 Å². The van der Waals surface area contributed by atoms with Crippen molar-refractivity contribution in [1.82, 2.24) is 5.32 Å². The van der Waals surface area contributed by atoms with E-state index in [9.17, 15) is 0 Å². The molecule has 0 heterocycles. The van der Waals surface area contributed by atoms with Crippen LogP contribution in [0.3, 0.4) is 0 Å². The summed E-state index contributed by atoms with van der Waals surface area (Å²) in [5.74, 6) is 0.764. The van der Waals surface area contributed by atoms with E-state index in [0.29, 0.717) is 6.04 Å². The second kappa shape index (κ2) is 9.02. The average Bonchev–Trinajstić information content (AvgIpc) is 1.66. The summed E-state index contributed by atoms with van der Waals surface area (Å²) in [4.78, 5) is 0. The molecule has 3 heteroatoms. The number of nitrogens with one attached hydrogen (secondary N) is 1. The van der Waals surface area contributed by atoms with Gasteiger partial charge in [0, 0.05) is 11.9 Å². The van der Waals surface area contributed by atoms with Crippen molar-refractivity contribution in [2.24, 2.45) is 0 Å². The van der Waals surface area contributed by atoms with Crippen LogP contribution in [0.5, 0.6) is 0 Å². The van der Waals surface area contributed by atoms with Gasteiger partial charge in [-0.1, -0.05) is 13.8 Å². The van der Waals surface area contributed by atoms with Crippen LogP contribution in [0.25, 0.3) is 0 Å². The van der Waals surface area contributed by atoms with Crippen molar-refractivity contribution in [3.8, 4) is 0 Å². The molecule has 0 rings (SSSR count). The van der Waals surface area contributed by atoms with Crippen molar-refractivity contribution in [1.29, 1.82) is 0 Å². The average molecular weight is 162 g/mol. The molecule has 0 aromatic heterocycles. The van der Waals surface area contributed by atoms with E-state index in [1.54, 1.807) is 0 Å². The summed E-state index contributed by atoms with van der Waals surface area (Å²) < 4.78 is 0. The van der Waals surface area contributed by atoms with Crippen LogP contribution in [-0.4, -0.2) is 41.5 Å². The van der Waals surface area contributed by atoms with Crippen LogP contribution in [0.4, 0.5) is 0 Å². The largest absolute Gasteiger partial charge is 2.00 e. The molecule has 0 aromatic carbocycles. The quantitative estimate of drug-likeness (QED) is 0.374. The molecule has 0 atom stereocenters. The summed E-state index contributed by atoms with van der Waals surface area (Å²) in [5.41, 5.74) is 0. The second-order valence-corrected chi connectivity index (χ2v) is 2.53. The Hall–Kier alpha value is 1.02. The molecule has 0 bridgehead atoms. The first kappa shape index (κ1) is 12.7. The van der Waals surface area contributed by atoms with Gasteiger partial charge in [0.2, 0.25) is 0 Å². The van der Waals surface area contributed by atoms with Gasteiger partial charge in [-0.3, -0.25) is 0 Å². The van der Waals surface area contributed by atoms with Gasteiger partial charge in [0.1, 0.15) is 0 Å². The van der Waals surface area contributed by atoms with Crippen LogP contribution in [0.2, 0.25) is 0 Å². The molecule has 54 valence electrons. The molecule has 9 heavy (non-hydrogen) atoms. The van der Waals surface area contributed by atoms with E-state index >= 15 is 0 Å².